The first-order chi connectivity index (χ1) is 13.9. The molecule has 2 aromatic rings. The van der Waals surface area contributed by atoms with Gasteiger partial charge in [-0.25, -0.2) is 27.7 Å². The number of piperidine rings is 1. The zero-order chi connectivity index (χ0) is 22.1. The summed E-state index contributed by atoms with van der Waals surface area (Å²) >= 11 is 1.16. The Kier molecular flexibility index (Phi) is 6.65. The lowest BCUT2D eigenvalue weighted by molar-refractivity contribution is -0.137. The minimum absolute atomic E-state index is 0.0818. The third-order valence-electron chi connectivity index (χ3n) is 4.59. The van der Waals surface area contributed by atoms with Crippen molar-refractivity contribution in [2.45, 2.75) is 31.6 Å². The lowest BCUT2D eigenvalue weighted by Crippen LogP contribution is -2.42. The lowest BCUT2D eigenvalue weighted by atomic mass is 10.1. The van der Waals surface area contributed by atoms with Crippen LogP contribution in [-0.4, -0.2) is 72.1 Å². The van der Waals surface area contributed by atoms with Gasteiger partial charge in [0, 0.05) is 38.1 Å². The number of nitrogens with zero attached hydrogens (tertiary/aromatic N) is 5. The average molecular weight is 465 g/mol. The quantitative estimate of drug-likeness (QED) is 0.702. The third kappa shape index (κ3) is 5.65. The van der Waals surface area contributed by atoms with Crippen LogP contribution in [0.4, 0.5) is 19.1 Å². The van der Waals surface area contributed by atoms with Gasteiger partial charge in [0.25, 0.3) is 0 Å². The molecular formula is C17H23F3N6O2S2. The molecule has 0 unspecified atom stereocenters. The van der Waals surface area contributed by atoms with Gasteiger partial charge in [-0.05, 0) is 26.9 Å². The highest BCUT2D eigenvalue weighted by molar-refractivity contribution is 7.88. The van der Waals surface area contributed by atoms with Gasteiger partial charge in [0.15, 0.2) is 0 Å². The van der Waals surface area contributed by atoms with Crippen molar-refractivity contribution in [2.75, 3.05) is 38.8 Å². The summed E-state index contributed by atoms with van der Waals surface area (Å²) in [7, 11) is 0.449. The number of sulfonamides is 1. The molecule has 0 spiro atoms. The smallest absolute Gasteiger partial charge is 0.351 e. The summed E-state index contributed by atoms with van der Waals surface area (Å²) < 4.78 is 65.1. The zero-order valence-corrected chi connectivity index (χ0v) is 18.4. The van der Waals surface area contributed by atoms with Crippen molar-refractivity contribution in [3.8, 4) is 10.6 Å². The second-order valence-corrected chi connectivity index (χ2v) is 10.5. The first-order valence-electron chi connectivity index (χ1n) is 9.19. The first-order valence-corrected chi connectivity index (χ1v) is 11.9. The minimum Gasteiger partial charge on any atom is -0.351 e. The Morgan fingerprint density at radius 2 is 1.90 bits per heavy atom. The van der Waals surface area contributed by atoms with E-state index in [-0.39, 0.29) is 17.7 Å². The molecule has 1 saturated heterocycles. The number of hydrogen-bond acceptors (Lipinski definition) is 8. The standard InChI is InChI=1S/C17H23F3N6O2S2/c1-25(2)10-14-21-9-13(29-14)15-12(17(18,19)20)8-22-16(24-15)23-11-4-6-26(7-5-11)30(3,27)28/h8-9,11H,4-7,10H2,1-3H3,(H,22,23,24). The number of anilines is 1. The van der Waals surface area contributed by atoms with Gasteiger partial charge in [-0.15, -0.1) is 11.3 Å². The molecule has 1 N–H and O–H groups in total. The predicted molar refractivity (Wildman–Crippen MR) is 109 cm³/mol. The number of rotatable bonds is 6. The van der Waals surface area contributed by atoms with Crippen LogP contribution in [0.3, 0.4) is 0 Å². The van der Waals surface area contributed by atoms with E-state index >= 15 is 0 Å². The van der Waals surface area contributed by atoms with E-state index in [1.807, 2.05) is 19.0 Å². The fourth-order valence-corrected chi connectivity index (χ4v) is 5.04. The SMILES string of the molecule is CN(C)Cc1ncc(-c2nc(NC3CCN(S(C)(=O)=O)CC3)ncc2C(F)(F)F)s1. The molecule has 2 aromatic heterocycles. The maximum absolute atomic E-state index is 13.5. The van der Waals surface area contributed by atoms with E-state index < -0.39 is 21.8 Å². The van der Waals surface area contributed by atoms with Crippen molar-refractivity contribution in [2.24, 2.45) is 0 Å². The van der Waals surface area contributed by atoms with Crippen LogP contribution in [0, 0.1) is 0 Å². The number of aromatic nitrogens is 3. The highest BCUT2D eigenvalue weighted by Crippen LogP contribution is 2.38. The number of thiazole rings is 1. The molecule has 0 atom stereocenters. The van der Waals surface area contributed by atoms with Crippen LogP contribution in [0.5, 0.6) is 0 Å². The second-order valence-electron chi connectivity index (χ2n) is 7.39. The summed E-state index contributed by atoms with van der Waals surface area (Å²) in [5.74, 6) is 0.0818. The number of alkyl halides is 3. The molecule has 0 amide bonds. The topological polar surface area (TPSA) is 91.3 Å². The van der Waals surface area contributed by atoms with Gasteiger partial charge in [0.05, 0.1) is 16.8 Å². The van der Waals surface area contributed by atoms with Crippen molar-refractivity contribution in [3.05, 3.63) is 23.0 Å². The van der Waals surface area contributed by atoms with E-state index in [0.717, 1.165) is 23.8 Å². The maximum atomic E-state index is 13.5. The molecule has 0 aromatic carbocycles. The Bertz CT molecular complexity index is 986. The van der Waals surface area contributed by atoms with Gasteiger partial charge >= 0.3 is 6.18 Å². The molecule has 1 aliphatic rings. The van der Waals surface area contributed by atoms with Crippen LogP contribution in [0.1, 0.15) is 23.4 Å². The summed E-state index contributed by atoms with van der Waals surface area (Å²) in [4.78, 5) is 14.4. The third-order valence-corrected chi connectivity index (χ3v) is 6.88. The highest BCUT2D eigenvalue weighted by Gasteiger charge is 2.36. The second kappa shape index (κ2) is 8.73. The van der Waals surface area contributed by atoms with Crippen molar-refractivity contribution >= 4 is 27.3 Å². The van der Waals surface area contributed by atoms with Gasteiger partial charge in [-0.3, -0.25) is 0 Å². The lowest BCUT2D eigenvalue weighted by Gasteiger charge is -2.30. The first kappa shape index (κ1) is 22.8. The van der Waals surface area contributed by atoms with E-state index in [4.69, 9.17) is 0 Å². The highest BCUT2D eigenvalue weighted by atomic mass is 32.2. The van der Waals surface area contributed by atoms with Gasteiger partial charge in [0.2, 0.25) is 16.0 Å². The fourth-order valence-electron chi connectivity index (χ4n) is 3.12. The normalized spacial score (nSPS) is 16.9. The molecule has 13 heteroatoms. The molecule has 3 heterocycles. The van der Waals surface area contributed by atoms with E-state index in [9.17, 15) is 21.6 Å². The van der Waals surface area contributed by atoms with Gasteiger partial charge in [-0.2, -0.15) is 13.2 Å². The van der Waals surface area contributed by atoms with Crippen molar-refractivity contribution in [1.29, 1.82) is 0 Å². The maximum Gasteiger partial charge on any atom is 0.420 e. The largest absolute Gasteiger partial charge is 0.420 e. The van der Waals surface area contributed by atoms with Crippen LogP contribution in [0.15, 0.2) is 12.4 Å². The Labute approximate surface area is 177 Å². The van der Waals surface area contributed by atoms with Gasteiger partial charge in [-0.1, -0.05) is 0 Å². The summed E-state index contributed by atoms with van der Waals surface area (Å²) in [6, 6.07) is -0.127. The van der Waals surface area contributed by atoms with Crippen LogP contribution < -0.4 is 5.32 Å². The van der Waals surface area contributed by atoms with Crippen LogP contribution >= 0.6 is 11.3 Å². The Morgan fingerprint density at radius 1 is 1.23 bits per heavy atom. The average Bonchev–Trinajstić information content (AvgIpc) is 3.08. The molecule has 0 radical (unpaired) electrons. The Balaban J connectivity index is 1.82. The van der Waals surface area contributed by atoms with E-state index in [2.05, 4.69) is 20.3 Å². The predicted octanol–water partition coefficient (Wildman–Crippen LogP) is 2.52. The Hall–Kier alpha value is -1.83. The Morgan fingerprint density at radius 3 is 2.47 bits per heavy atom. The van der Waals surface area contributed by atoms with Crippen LogP contribution in [0.2, 0.25) is 0 Å². The molecule has 1 fully saturated rings. The number of nitrogens with one attached hydrogen (secondary N) is 1. The number of halogens is 3. The molecule has 1 aliphatic heterocycles. The summed E-state index contributed by atoms with van der Waals surface area (Å²) in [6.07, 6.45) is -0.232. The molecule has 166 valence electrons. The summed E-state index contributed by atoms with van der Waals surface area (Å²) in [6.45, 7) is 1.20. The minimum atomic E-state index is -4.60. The van der Waals surface area contributed by atoms with Gasteiger partial charge in [0.1, 0.15) is 10.6 Å². The van der Waals surface area contributed by atoms with Gasteiger partial charge < -0.3 is 10.2 Å². The fraction of sp³-hybridized carbons (Fsp3) is 0.588. The van der Waals surface area contributed by atoms with E-state index in [1.54, 1.807) is 0 Å². The summed E-state index contributed by atoms with van der Waals surface area (Å²) in [5.41, 5.74) is -1.13. The molecule has 0 saturated carbocycles. The molecule has 3 rings (SSSR count). The van der Waals surface area contributed by atoms with Crippen molar-refractivity contribution in [1.82, 2.24) is 24.2 Å². The summed E-state index contributed by atoms with van der Waals surface area (Å²) in [5, 5.41) is 3.73. The molecule has 8 nitrogen and oxygen atoms in total. The van der Waals surface area contributed by atoms with Crippen LogP contribution in [-0.2, 0) is 22.7 Å². The number of hydrogen-bond donors (Lipinski definition) is 1. The van der Waals surface area contributed by atoms with Crippen LogP contribution in [0.25, 0.3) is 10.6 Å². The molecular weight excluding hydrogens is 441 g/mol. The molecule has 0 bridgehead atoms. The molecule has 30 heavy (non-hydrogen) atoms. The van der Waals surface area contributed by atoms with E-state index in [1.165, 1.54) is 10.5 Å². The monoisotopic (exact) mass is 464 g/mol. The van der Waals surface area contributed by atoms with Crippen molar-refractivity contribution < 1.29 is 21.6 Å². The molecule has 0 aliphatic carbocycles. The van der Waals surface area contributed by atoms with Crippen molar-refractivity contribution in [3.63, 3.8) is 0 Å². The zero-order valence-electron chi connectivity index (χ0n) is 16.8. The van der Waals surface area contributed by atoms with E-state index in [0.29, 0.717) is 42.4 Å².